The van der Waals surface area contributed by atoms with E-state index < -0.39 is 6.04 Å². The third-order valence-electron chi connectivity index (χ3n) is 6.11. The van der Waals surface area contributed by atoms with Crippen LogP contribution in [0.15, 0.2) is 34.9 Å². The smallest absolute Gasteiger partial charge is 0.284 e. The highest BCUT2D eigenvalue weighted by Crippen LogP contribution is 2.33. The van der Waals surface area contributed by atoms with Crippen LogP contribution in [0.3, 0.4) is 0 Å². The van der Waals surface area contributed by atoms with Gasteiger partial charge in [0.25, 0.3) is 10.7 Å². The van der Waals surface area contributed by atoms with Gasteiger partial charge >= 0.3 is 0 Å². The molecule has 9 nitrogen and oxygen atoms in total. The zero-order valence-corrected chi connectivity index (χ0v) is 18.8. The summed E-state index contributed by atoms with van der Waals surface area (Å²) in [6.45, 7) is 0.438. The van der Waals surface area contributed by atoms with Crippen molar-refractivity contribution in [3.05, 3.63) is 46.8 Å². The molecule has 2 aromatic heterocycles. The molecule has 0 unspecified atom stereocenters. The van der Waals surface area contributed by atoms with E-state index in [1.807, 2.05) is 36.0 Å². The molecular formula is C22H28N6O3S. The summed E-state index contributed by atoms with van der Waals surface area (Å²) >= 11 is 4.98. The lowest BCUT2D eigenvalue weighted by Crippen LogP contribution is -2.50. The number of amides is 2. The van der Waals surface area contributed by atoms with Crippen molar-refractivity contribution in [3.8, 4) is 0 Å². The summed E-state index contributed by atoms with van der Waals surface area (Å²) in [5.74, 6) is -0.0370. The van der Waals surface area contributed by atoms with Gasteiger partial charge in [0.15, 0.2) is 0 Å². The van der Waals surface area contributed by atoms with Gasteiger partial charge in [-0.05, 0) is 62.6 Å². The number of aryl methyl sites for hydroxylation is 1. The van der Waals surface area contributed by atoms with Crippen LogP contribution >= 0.6 is 12.2 Å². The molecule has 0 radical (unpaired) electrons. The molecule has 32 heavy (non-hydrogen) atoms. The molecule has 2 amide bonds. The van der Waals surface area contributed by atoms with E-state index in [9.17, 15) is 9.59 Å². The molecule has 1 fully saturated rings. The maximum Gasteiger partial charge on any atom is 0.284 e. The molecule has 0 bridgehead atoms. The minimum atomic E-state index is -0.683. The van der Waals surface area contributed by atoms with Gasteiger partial charge in [-0.1, -0.05) is 12.5 Å². The predicted molar refractivity (Wildman–Crippen MR) is 123 cm³/mol. The Morgan fingerprint density at radius 3 is 2.97 bits per heavy atom. The van der Waals surface area contributed by atoms with Crippen molar-refractivity contribution in [1.82, 2.24) is 25.4 Å². The summed E-state index contributed by atoms with van der Waals surface area (Å²) in [6, 6.07) is 6.67. The quantitative estimate of drug-likeness (QED) is 0.385. The molecule has 0 spiro atoms. The molecule has 10 heteroatoms. The lowest BCUT2D eigenvalue weighted by molar-refractivity contribution is -0.124. The number of fused-ring (bicyclic) bond motifs is 1. The van der Waals surface area contributed by atoms with Gasteiger partial charge in [-0.25, -0.2) is 5.10 Å². The first-order chi connectivity index (χ1) is 15.5. The van der Waals surface area contributed by atoms with Crippen molar-refractivity contribution in [1.29, 1.82) is 0 Å². The molecule has 1 aliphatic carbocycles. The highest BCUT2D eigenvalue weighted by Gasteiger charge is 2.35. The highest BCUT2D eigenvalue weighted by atomic mass is 32.1. The molecular weight excluding hydrogens is 428 g/mol. The minimum absolute atomic E-state index is 0.0455. The number of aromatic nitrogens is 3. The van der Waals surface area contributed by atoms with E-state index in [1.54, 1.807) is 6.07 Å². The molecule has 1 aromatic carbocycles. The van der Waals surface area contributed by atoms with Gasteiger partial charge in [-0.15, -0.1) is 5.10 Å². The molecule has 0 aliphatic heterocycles. The van der Waals surface area contributed by atoms with Crippen molar-refractivity contribution < 1.29 is 14.0 Å². The molecule has 3 atom stereocenters. The number of H-pyrrole nitrogens is 1. The summed E-state index contributed by atoms with van der Waals surface area (Å²) in [5, 5.41) is 13.6. The van der Waals surface area contributed by atoms with E-state index in [2.05, 4.69) is 20.8 Å². The average molecular weight is 457 g/mol. The van der Waals surface area contributed by atoms with Crippen molar-refractivity contribution in [2.45, 2.75) is 50.1 Å². The van der Waals surface area contributed by atoms with E-state index >= 15 is 0 Å². The number of nitrogens with two attached hydrogens (primary N) is 1. The Bertz CT molecular complexity index is 1170. The van der Waals surface area contributed by atoms with Crippen molar-refractivity contribution in [3.63, 3.8) is 0 Å². The maximum absolute atomic E-state index is 13.2. The number of hydrogen-bond acceptors (Lipinski definition) is 6. The van der Waals surface area contributed by atoms with Gasteiger partial charge in [-0.3, -0.25) is 9.59 Å². The predicted octanol–water partition coefficient (Wildman–Crippen LogP) is 2.51. The number of rotatable bonds is 8. The molecule has 170 valence electrons. The zero-order valence-electron chi connectivity index (χ0n) is 18.0. The number of nitrogens with zero attached hydrogens (tertiary/aromatic N) is 2. The third kappa shape index (κ3) is 4.61. The number of benzene rings is 1. The Hall–Kier alpha value is -2.98. The Balaban J connectivity index is 1.49. The van der Waals surface area contributed by atoms with Crippen LogP contribution in [0.5, 0.6) is 0 Å². The number of carbonyl (C=O) groups excluding carboxylic acids is 2. The summed E-state index contributed by atoms with van der Waals surface area (Å²) in [5.41, 5.74) is 7.18. The monoisotopic (exact) mass is 456 g/mol. The standard InChI is InChI=1S/C22H28N6O3S/c1-28-12-10-13-14(5-3-9-18(13)28)19(29)25-17(8-4-11-23)20(30)24-16-7-2-6-15(16)21-26-27-22(32)31-21/h3,5,9-10,12,15-17H,2,4,6-8,11,23H2,1H3,(H,24,30)(H,25,29)(H,27,32)/t15-,16+,17+/m1/s1. The number of carbonyl (C=O) groups is 2. The topological polar surface area (TPSA) is 131 Å². The first-order valence-electron chi connectivity index (χ1n) is 10.9. The fourth-order valence-electron chi connectivity index (χ4n) is 4.44. The molecule has 1 aliphatic rings. The van der Waals surface area contributed by atoms with Gasteiger partial charge in [0.05, 0.1) is 5.92 Å². The van der Waals surface area contributed by atoms with Crippen LogP contribution in [0.1, 0.15) is 54.3 Å². The zero-order chi connectivity index (χ0) is 22.7. The first kappa shape index (κ1) is 22.2. The van der Waals surface area contributed by atoms with Gasteiger partial charge < -0.3 is 25.4 Å². The molecule has 2 heterocycles. The van der Waals surface area contributed by atoms with Crippen LogP contribution in [-0.4, -0.2) is 45.2 Å². The van der Waals surface area contributed by atoms with Crippen LogP contribution < -0.4 is 16.4 Å². The molecule has 0 saturated heterocycles. The second kappa shape index (κ2) is 9.66. The lowest BCUT2D eigenvalue weighted by atomic mass is 10.0. The van der Waals surface area contributed by atoms with Gasteiger partial charge in [0.1, 0.15) is 6.04 Å². The van der Waals surface area contributed by atoms with E-state index in [-0.39, 0.29) is 28.6 Å². The van der Waals surface area contributed by atoms with Gasteiger partial charge in [-0.2, -0.15) is 0 Å². The number of hydrogen-bond donors (Lipinski definition) is 4. The molecule has 3 aromatic rings. The van der Waals surface area contributed by atoms with Crippen LogP contribution in [0.25, 0.3) is 10.9 Å². The highest BCUT2D eigenvalue weighted by molar-refractivity contribution is 7.71. The van der Waals surface area contributed by atoms with Crippen molar-refractivity contribution in [2.75, 3.05) is 6.54 Å². The Kier molecular flexibility index (Phi) is 6.71. The molecule has 1 saturated carbocycles. The van der Waals surface area contributed by atoms with E-state index in [1.165, 1.54) is 0 Å². The summed E-state index contributed by atoms with van der Waals surface area (Å²) in [6.07, 6.45) is 5.60. The second-order valence-electron chi connectivity index (χ2n) is 8.23. The van der Waals surface area contributed by atoms with E-state index in [4.69, 9.17) is 22.4 Å². The normalized spacial score (nSPS) is 19.2. The molecule has 4 rings (SSSR count). The fourth-order valence-corrected chi connectivity index (χ4v) is 4.57. The van der Waals surface area contributed by atoms with Crippen LogP contribution in [0, 0.1) is 4.84 Å². The van der Waals surface area contributed by atoms with E-state index in [0.717, 1.165) is 30.2 Å². The maximum atomic E-state index is 13.2. The van der Waals surface area contributed by atoms with Crippen molar-refractivity contribution >= 4 is 34.9 Å². The Morgan fingerprint density at radius 2 is 2.22 bits per heavy atom. The fraction of sp³-hybridized carbons (Fsp3) is 0.455. The van der Waals surface area contributed by atoms with Gasteiger partial charge in [0.2, 0.25) is 11.8 Å². The Morgan fingerprint density at radius 1 is 1.38 bits per heavy atom. The van der Waals surface area contributed by atoms with Gasteiger partial charge in [0, 0.05) is 35.8 Å². The third-order valence-corrected chi connectivity index (χ3v) is 6.28. The lowest BCUT2D eigenvalue weighted by Gasteiger charge is -2.23. The van der Waals surface area contributed by atoms with Crippen molar-refractivity contribution in [2.24, 2.45) is 12.8 Å². The summed E-state index contributed by atoms with van der Waals surface area (Å²) in [7, 11) is 1.93. The van der Waals surface area contributed by atoms with Crippen LogP contribution in [0.2, 0.25) is 0 Å². The van der Waals surface area contributed by atoms with Crippen LogP contribution in [-0.2, 0) is 11.8 Å². The minimum Gasteiger partial charge on any atom is -0.414 e. The number of aromatic amines is 1. The van der Waals surface area contributed by atoms with E-state index in [0.29, 0.717) is 30.8 Å². The Labute approximate surface area is 190 Å². The summed E-state index contributed by atoms with van der Waals surface area (Å²) in [4.78, 5) is 26.5. The molecule has 5 N–H and O–H groups in total. The number of nitrogens with one attached hydrogen (secondary N) is 3. The summed E-state index contributed by atoms with van der Waals surface area (Å²) < 4.78 is 7.44. The largest absolute Gasteiger partial charge is 0.414 e. The second-order valence-corrected chi connectivity index (χ2v) is 8.60. The van der Waals surface area contributed by atoms with Crippen LogP contribution in [0.4, 0.5) is 0 Å². The first-order valence-corrected chi connectivity index (χ1v) is 11.3. The SMILES string of the molecule is Cn1ccc2c(C(=O)N[C@@H](CCCN)C(=O)N[C@H]3CCC[C@H]3c3n[nH]c(=S)o3)cccc21. The average Bonchev–Trinajstić information content (AvgIpc) is 3.51.